The first kappa shape index (κ1) is 39.6. The summed E-state index contributed by atoms with van der Waals surface area (Å²) >= 11 is 0. The van der Waals surface area contributed by atoms with Gasteiger partial charge in [0.2, 0.25) is 0 Å². The Hall–Kier alpha value is -7.81. The Morgan fingerprint density at radius 1 is 0.468 bits per heavy atom. The SMILES string of the molecule is C=CCC(CC=C)(CC=C)c1ccc(-c2c3nc(c(-c4ccc(C)cc4)c4ccc([nH]4)c(-c4ccc(C#N)cc4)c4nc(c(-c5ccc(C)cc5)c5ccc2[nH]5)C=C4)C=C3)cc1. The molecule has 5 heteroatoms. The van der Waals surface area contributed by atoms with Gasteiger partial charge in [0, 0.05) is 49.7 Å². The van der Waals surface area contributed by atoms with Crippen LogP contribution in [0.2, 0.25) is 0 Å². The molecule has 8 bridgehead atoms. The maximum absolute atomic E-state index is 9.66. The maximum atomic E-state index is 9.66. The Kier molecular flexibility index (Phi) is 10.7. The fourth-order valence-electron chi connectivity index (χ4n) is 9.00. The topological polar surface area (TPSA) is 81.2 Å². The molecule has 300 valence electrons. The van der Waals surface area contributed by atoms with E-state index in [1.807, 2.05) is 42.5 Å². The van der Waals surface area contributed by atoms with E-state index >= 15 is 0 Å². The average Bonchev–Trinajstić information content (AvgIpc) is 4.14. The highest BCUT2D eigenvalue weighted by molar-refractivity contribution is 5.99. The maximum Gasteiger partial charge on any atom is 0.0991 e. The molecule has 62 heavy (non-hydrogen) atoms. The van der Waals surface area contributed by atoms with E-state index in [4.69, 9.17) is 9.97 Å². The van der Waals surface area contributed by atoms with Crippen LogP contribution >= 0.6 is 0 Å². The summed E-state index contributed by atoms with van der Waals surface area (Å²) in [4.78, 5) is 18.6. The van der Waals surface area contributed by atoms with Crippen molar-refractivity contribution in [1.82, 2.24) is 19.9 Å². The fraction of sp³-hybridized carbons (Fsp3) is 0.105. The summed E-state index contributed by atoms with van der Waals surface area (Å²) in [6.45, 7) is 16.5. The molecule has 4 aromatic carbocycles. The standard InChI is InChI=1S/C57H47N5/c1-6-33-57(34-7-2,35-8-3)44-23-21-43(22-24-44)56-51-31-27-47(61-51)53(40-15-9-37(4)10-16-40)45-25-29-49(59-45)55(42-19-13-39(36-58)14-20-42)50-30-26-46(60-50)54(48-28-32-52(56)62-48)41-17-11-38(5)12-18-41/h6-32,59,62H,1-3,33-35H2,4-5H3. The second-order valence-corrected chi connectivity index (χ2v) is 16.3. The van der Waals surface area contributed by atoms with Crippen molar-refractivity contribution in [2.75, 3.05) is 0 Å². The lowest BCUT2D eigenvalue weighted by molar-refractivity contribution is 0.442. The van der Waals surface area contributed by atoms with Crippen LogP contribution in [0.4, 0.5) is 0 Å². The van der Waals surface area contributed by atoms with Gasteiger partial charge in [-0.2, -0.15) is 5.26 Å². The van der Waals surface area contributed by atoms with E-state index in [0.29, 0.717) is 5.56 Å². The summed E-state index contributed by atoms with van der Waals surface area (Å²) in [5.41, 5.74) is 19.1. The number of fused-ring (bicyclic) bond motifs is 8. The van der Waals surface area contributed by atoms with E-state index in [2.05, 4.69) is 171 Å². The molecule has 0 fully saturated rings. The molecule has 3 aromatic heterocycles. The van der Waals surface area contributed by atoms with Gasteiger partial charge in [0.25, 0.3) is 0 Å². The van der Waals surface area contributed by atoms with Gasteiger partial charge in [0.1, 0.15) is 0 Å². The van der Waals surface area contributed by atoms with Crippen LogP contribution in [0.25, 0.3) is 90.9 Å². The predicted octanol–water partition coefficient (Wildman–Crippen LogP) is 14.8. The van der Waals surface area contributed by atoms with Crippen LogP contribution < -0.4 is 0 Å². The summed E-state index contributed by atoms with van der Waals surface area (Å²) in [6, 6.07) is 44.8. The van der Waals surface area contributed by atoms with Crippen LogP contribution in [0.15, 0.2) is 159 Å². The van der Waals surface area contributed by atoms with Crippen molar-refractivity contribution in [2.24, 2.45) is 0 Å². The number of hydrogen-bond donors (Lipinski definition) is 2. The molecular weight excluding hydrogens is 755 g/mol. The first-order valence-electron chi connectivity index (χ1n) is 21.1. The highest BCUT2D eigenvalue weighted by Gasteiger charge is 2.29. The Balaban J connectivity index is 1.40. The number of aromatic amines is 2. The van der Waals surface area contributed by atoms with Gasteiger partial charge in [-0.3, -0.25) is 0 Å². The number of hydrogen-bond acceptors (Lipinski definition) is 3. The van der Waals surface area contributed by atoms with Gasteiger partial charge in [-0.25, -0.2) is 9.97 Å². The molecule has 0 saturated carbocycles. The highest BCUT2D eigenvalue weighted by atomic mass is 14.8. The predicted molar refractivity (Wildman–Crippen MR) is 261 cm³/mol. The summed E-state index contributed by atoms with van der Waals surface area (Å²) in [5.74, 6) is 0. The lowest BCUT2D eigenvalue weighted by Gasteiger charge is -2.32. The molecule has 7 aromatic rings. The van der Waals surface area contributed by atoms with Crippen molar-refractivity contribution in [3.8, 4) is 50.6 Å². The van der Waals surface area contributed by atoms with Crippen molar-refractivity contribution in [3.05, 3.63) is 204 Å². The Morgan fingerprint density at radius 3 is 1.08 bits per heavy atom. The Morgan fingerprint density at radius 2 is 0.774 bits per heavy atom. The molecule has 9 rings (SSSR count). The molecule has 0 radical (unpaired) electrons. The second kappa shape index (κ2) is 16.7. The first-order valence-corrected chi connectivity index (χ1v) is 21.1. The smallest absolute Gasteiger partial charge is 0.0991 e. The van der Waals surface area contributed by atoms with E-state index in [1.165, 1.54) is 16.7 Å². The molecule has 0 spiro atoms. The molecular formula is C57H47N5. The monoisotopic (exact) mass is 801 g/mol. The summed E-state index contributed by atoms with van der Waals surface area (Å²) in [7, 11) is 0. The van der Waals surface area contributed by atoms with Crippen LogP contribution in [0.3, 0.4) is 0 Å². The lowest BCUT2D eigenvalue weighted by atomic mass is 9.72. The zero-order valence-electron chi connectivity index (χ0n) is 35.2. The third-order valence-corrected chi connectivity index (χ3v) is 12.1. The van der Waals surface area contributed by atoms with Crippen molar-refractivity contribution < 1.29 is 0 Å². The molecule has 2 N–H and O–H groups in total. The van der Waals surface area contributed by atoms with Gasteiger partial charge >= 0.3 is 0 Å². The largest absolute Gasteiger partial charge is 0.354 e. The van der Waals surface area contributed by atoms with Crippen LogP contribution in [-0.2, 0) is 5.41 Å². The van der Waals surface area contributed by atoms with Gasteiger partial charge < -0.3 is 9.97 Å². The number of rotatable bonds is 11. The number of nitrogens with one attached hydrogen (secondary N) is 2. The molecule has 2 aliphatic rings. The third-order valence-electron chi connectivity index (χ3n) is 12.1. The molecule has 0 saturated heterocycles. The summed E-state index contributed by atoms with van der Waals surface area (Å²) in [5, 5.41) is 9.66. The first-order chi connectivity index (χ1) is 30.3. The minimum Gasteiger partial charge on any atom is -0.354 e. The molecule has 5 nitrogen and oxygen atoms in total. The average molecular weight is 802 g/mol. The quantitative estimate of drug-likeness (QED) is 0.128. The molecule has 0 amide bonds. The summed E-state index contributed by atoms with van der Waals surface area (Å²) < 4.78 is 0. The van der Waals surface area contributed by atoms with Gasteiger partial charge in [-0.15, -0.1) is 19.7 Å². The minimum absolute atomic E-state index is 0.173. The lowest BCUT2D eigenvalue weighted by Crippen LogP contribution is -2.24. The van der Waals surface area contributed by atoms with E-state index in [-0.39, 0.29) is 5.41 Å². The van der Waals surface area contributed by atoms with E-state index < -0.39 is 0 Å². The highest BCUT2D eigenvalue weighted by Crippen LogP contribution is 2.41. The van der Waals surface area contributed by atoms with Gasteiger partial charge in [0.05, 0.1) is 34.4 Å². The normalized spacial score (nSPS) is 12.0. The van der Waals surface area contributed by atoms with Crippen LogP contribution in [-0.4, -0.2) is 19.9 Å². The van der Waals surface area contributed by atoms with Crippen LogP contribution in [0.5, 0.6) is 0 Å². The third kappa shape index (κ3) is 7.37. The second-order valence-electron chi connectivity index (χ2n) is 16.3. The van der Waals surface area contributed by atoms with Gasteiger partial charge in [0.15, 0.2) is 0 Å². The van der Waals surface area contributed by atoms with Gasteiger partial charge in [-0.1, -0.05) is 114 Å². The number of benzene rings is 4. The van der Waals surface area contributed by atoms with Gasteiger partial charge in [-0.05, 0) is 122 Å². The van der Waals surface area contributed by atoms with Crippen molar-refractivity contribution in [1.29, 1.82) is 5.26 Å². The number of H-pyrrole nitrogens is 2. The number of allylic oxidation sites excluding steroid dienone is 3. The van der Waals surface area contributed by atoms with E-state index in [0.717, 1.165) is 109 Å². The summed E-state index contributed by atoms with van der Waals surface area (Å²) in [6.07, 6.45) is 16.9. The van der Waals surface area contributed by atoms with Crippen LogP contribution in [0, 0.1) is 25.2 Å². The zero-order chi connectivity index (χ0) is 42.8. The number of nitrogens with zero attached hydrogens (tertiary/aromatic N) is 3. The Labute approximate surface area is 363 Å². The van der Waals surface area contributed by atoms with E-state index in [9.17, 15) is 5.26 Å². The zero-order valence-corrected chi connectivity index (χ0v) is 35.2. The molecule has 0 aliphatic carbocycles. The minimum atomic E-state index is -0.173. The molecule has 0 atom stereocenters. The number of nitriles is 1. The van der Waals surface area contributed by atoms with Crippen molar-refractivity contribution in [3.63, 3.8) is 0 Å². The number of aryl methyl sites for hydroxylation is 2. The molecule has 0 unspecified atom stereocenters. The van der Waals surface area contributed by atoms with E-state index in [1.54, 1.807) is 0 Å². The fourth-order valence-corrected chi connectivity index (χ4v) is 9.00. The number of aromatic nitrogens is 4. The molecule has 5 heterocycles. The van der Waals surface area contributed by atoms with Crippen molar-refractivity contribution in [2.45, 2.75) is 38.5 Å². The Bertz CT molecular complexity index is 3070. The van der Waals surface area contributed by atoms with Crippen LogP contribution in [0.1, 0.15) is 64.3 Å². The van der Waals surface area contributed by atoms with Crippen molar-refractivity contribution >= 4 is 46.4 Å². The molecule has 2 aliphatic heterocycles.